The van der Waals surface area contributed by atoms with Gasteiger partial charge in [-0.2, -0.15) is 0 Å². The zero-order chi connectivity index (χ0) is 22.1. The van der Waals surface area contributed by atoms with Crippen molar-refractivity contribution >= 4 is 24.6 Å². The second kappa shape index (κ2) is 10.5. The minimum Gasteiger partial charge on any atom is -0.418 e. The molecule has 0 saturated heterocycles. The number of hydrogen-bond acceptors (Lipinski definition) is 4. The highest BCUT2D eigenvalue weighted by Gasteiger charge is 2.20. The van der Waals surface area contributed by atoms with Gasteiger partial charge in [0.05, 0.1) is 19.8 Å². The second-order valence-corrected chi connectivity index (χ2v) is 6.38. The maximum absolute atomic E-state index is 9.75. The molecule has 0 spiro atoms. The second-order valence-electron chi connectivity index (χ2n) is 6.38. The summed E-state index contributed by atoms with van der Waals surface area (Å²) in [4.78, 5) is 2.33. The normalized spacial score (nSPS) is 11.3. The summed E-state index contributed by atoms with van der Waals surface area (Å²) >= 11 is 0. The Labute approximate surface area is 172 Å². The molecular weight excluding hydrogens is 399 g/mol. The summed E-state index contributed by atoms with van der Waals surface area (Å²) < 4.78 is 42.5. The third-order valence-electron chi connectivity index (χ3n) is 4.07. The fraction of sp³-hybridized carbons (Fsp3) is 0.263. The highest BCUT2D eigenvalue weighted by atomic mass is 19.5. The van der Waals surface area contributed by atoms with Crippen LogP contribution in [0.4, 0.5) is 34.6 Å². The van der Waals surface area contributed by atoms with E-state index in [1.54, 1.807) is 11.0 Å². The first-order valence-electron chi connectivity index (χ1n) is 9.23. The van der Waals surface area contributed by atoms with Crippen molar-refractivity contribution in [1.82, 2.24) is 9.78 Å². The zero-order valence-electron chi connectivity index (χ0n) is 17.0. The average Bonchev–Trinajstić information content (AvgIpc) is 3.02. The van der Waals surface area contributed by atoms with Crippen LogP contribution in [-0.2, 0) is 20.6 Å². The van der Waals surface area contributed by atoms with Crippen LogP contribution in [0.2, 0.25) is 0 Å². The molecule has 0 radical (unpaired) electrons. The van der Waals surface area contributed by atoms with Crippen molar-refractivity contribution in [3.63, 3.8) is 0 Å². The number of rotatable bonds is 6. The third kappa shape index (κ3) is 7.65. The fourth-order valence-electron chi connectivity index (χ4n) is 2.64. The van der Waals surface area contributed by atoms with E-state index in [9.17, 15) is 17.3 Å². The van der Waals surface area contributed by atoms with Crippen LogP contribution in [0.3, 0.4) is 0 Å². The lowest BCUT2D eigenvalue weighted by Gasteiger charge is -2.23. The topological polar surface area (TPSA) is 49.7 Å². The van der Waals surface area contributed by atoms with Crippen LogP contribution in [0.15, 0.2) is 71.2 Å². The van der Waals surface area contributed by atoms with Crippen LogP contribution >= 0.6 is 0 Å². The Hall–Kier alpha value is -3.24. The molecule has 0 aliphatic heterocycles. The Kier molecular flexibility index (Phi) is 8.08. The quantitative estimate of drug-likeness (QED) is 0.243. The molecule has 3 aromatic rings. The molecule has 0 aliphatic carbocycles. The predicted octanol–water partition coefficient (Wildman–Crippen LogP) is 4.99. The molecule has 0 bridgehead atoms. The van der Waals surface area contributed by atoms with E-state index in [2.05, 4.69) is 63.5 Å². The van der Waals surface area contributed by atoms with Gasteiger partial charge in [-0.25, -0.2) is 4.57 Å². The molecule has 0 aliphatic rings. The van der Waals surface area contributed by atoms with Gasteiger partial charge in [0, 0.05) is 23.9 Å². The van der Waals surface area contributed by atoms with Crippen LogP contribution in [0.25, 0.3) is 0 Å². The van der Waals surface area contributed by atoms with Crippen molar-refractivity contribution < 1.29 is 21.8 Å². The number of halogens is 4. The Bertz CT molecular complexity index is 916. The van der Waals surface area contributed by atoms with Gasteiger partial charge < -0.3 is 22.2 Å². The van der Waals surface area contributed by atoms with Crippen LogP contribution in [-0.4, -0.2) is 23.6 Å². The Morgan fingerprint density at radius 2 is 1.60 bits per heavy atom. The van der Waals surface area contributed by atoms with E-state index in [0.717, 1.165) is 18.8 Å². The number of aryl methyl sites for hydroxylation is 2. The molecule has 11 heteroatoms. The first-order valence-corrected chi connectivity index (χ1v) is 9.23. The van der Waals surface area contributed by atoms with Crippen LogP contribution in [0, 0.1) is 0 Å². The first kappa shape index (κ1) is 23.0. The van der Waals surface area contributed by atoms with Gasteiger partial charge in [-0.15, -0.1) is 4.68 Å². The van der Waals surface area contributed by atoms with Crippen molar-refractivity contribution in [2.45, 2.75) is 13.5 Å². The van der Waals surface area contributed by atoms with E-state index >= 15 is 0 Å². The van der Waals surface area contributed by atoms with Crippen LogP contribution in [0.1, 0.15) is 12.5 Å². The minimum atomic E-state index is -6.00. The molecule has 0 amide bonds. The number of nitrogens with zero attached hydrogens (tertiary/aromatic N) is 6. The summed E-state index contributed by atoms with van der Waals surface area (Å²) in [5.41, 5.74) is 3.30. The van der Waals surface area contributed by atoms with Gasteiger partial charge in [-0.05, 0) is 41.9 Å². The largest absolute Gasteiger partial charge is 0.673 e. The van der Waals surface area contributed by atoms with Gasteiger partial charge in [0.1, 0.15) is 0 Å². The van der Waals surface area contributed by atoms with Crippen molar-refractivity contribution in [3.8, 4) is 0 Å². The molecule has 3 rings (SSSR count). The molecule has 6 nitrogen and oxygen atoms in total. The summed E-state index contributed by atoms with van der Waals surface area (Å²) in [5, 5.41) is 12.7. The summed E-state index contributed by atoms with van der Waals surface area (Å²) in [6.45, 7) is 4.00. The minimum absolute atomic E-state index is 0.698. The Morgan fingerprint density at radius 3 is 2.10 bits per heavy atom. The van der Waals surface area contributed by atoms with E-state index in [0.29, 0.717) is 5.95 Å². The van der Waals surface area contributed by atoms with E-state index in [4.69, 9.17) is 0 Å². The number of benzene rings is 2. The van der Waals surface area contributed by atoms with Gasteiger partial charge in [0.2, 0.25) is 6.33 Å². The standard InChI is InChI=1S/C19H23N6.BF4/c1-4-25(14-16-8-6-5-7-9-16)18-12-10-17(11-13-18)21-22-19-23(2)15-20-24(19)3;2-1(3,4)5/h5-13,15H,4,14H2,1-3H3;/q+1;-1. The SMILES string of the molecule is CCN(Cc1ccccc1)c1ccc(N=Nc2n(C)nc[n+]2C)cc1.F[B-](F)(F)F. The van der Waals surface area contributed by atoms with Gasteiger partial charge in [0.25, 0.3) is 0 Å². The van der Waals surface area contributed by atoms with E-state index in [-0.39, 0.29) is 0 Å². The molecule has 1 heterocycles. The maximum Gasteiger partial charge on any atom is 0.673 e. The molecule has 0 fully saturated rings. The van der Waals surface area contributed by atoms with Crippen molar-refractivity contribution in [3.05, 3.63) is 66.5 Å². The van der Waals surface area contributed by atoms with Crippen molar-refractivity contribution in [1.29, 1.82) is 0 Å². The third-order valence-corrected chi connectivity index (χ3v) is 4.07. The van der Waals surface area contributed by atoms with Crippen molar-refractivity contribution in [2.75, 3.05) is 11.4 Å². The molecule has 0 unspecified atom stereocenters. The molecule has 30 heavy (non-hydrogen) atoms. The highest BCUT2D eigenvalue weighted by molar-refractivity contribution is 6.50. The molecular formula is C19H23BF4N6. The number of azo groups is 1. The van der Waals surface area contributed by atoms with Gasteiger partial charge in [-0.1, -0.05) is 35.4 Å². The Morgan fingerprint density at radius 1 is 1.00 bits per heavy atom. The van der Waals surface area contributed by atoms with Gasteiger partial charge in [0.15, 0.2) is 0 Å². The predicted molar refractivity (Wildman–Crippen MR) is 108 cm³/mol. The summed E-state index contributed by atoms with van der Waals surface area (Å²) in [7, 11) is -2.26. The number of hydrogen-bond donors (Lipinski definition) is 0. The monoisotopic (exact) mass is 422 g/mol. The summed E-state index contributed by atoms with van der Waals surface area (Å²) in [5.74, 6) is 0.698. The van der Waals surface area contributed by atoms with Crippen LogP contribution in [0.5, 0.6) is 0 Å². The summed E-state index contributed by atoms with van der Waals surface area (Å²) in [6.07, 6.45) is 1.71. The highest BCUT2D eigenvalue weighted by Crippen LogP contribution is 2.22. The van der Waals surface area contributed by atoms with E-state index in [1.807, 2.05) is 36.9 Å². The average molecular weight is 422 g/mol. The molecule has 1 aromatic heterocycles. The molecule has 2 aromatic carbocycles. The zero-order valence-corrected chi connectivity index (χ0v) is 17.0. The van der Waals surface area contributed by atoms with E-state index in [1.165, 1.54) is 11.3 Å². The summed E-state index contributed by atoms with van der Waals surface area (Å²) in [6, 6.07) is 18.6. The number of anilines is 1. The Balaban J connectivity index is 0.000000575. The lowest BCUT2D eigenvalue weighted by atomic mass is 10.2. The van der Waals surface area contributed by atoms with Crippen LogP contribution < -0.4 is 9.47 Å². The van der Waals surface area contributed by atoms with Crippen molar-refractivity contribution in [2.24, 2.45) is 24.3 Å². The van der Waals surface area contributed by atoms with Gasteiger partial charge >= 0.3 is 13.2 Å². The fourth-order valence-corrected chi connectivity index (χ4v) is 2.64. The molecule has 0 atom stereocenters. The molecule has 0 saturated carbocycles. The smallest absolute Gasteiger partial charge is 0.418 e. The lowest BCUT2D eigenvalue weighted by Crippen LogP contribution is -2.25. The van der Waals surface area contributed by atoms with Gasteiger partial charge in [-0.3, -0.25) is 0 Å². The van der Waals surface area contributed by atoms with E-state index < -0.39 is 7.25 Å². The first-order chi connectivity index (χ1) is 14.2. The molecule has 160 valence electrons. The lowest BCUT2D eigenvalue weighted by molar-refractivity contribution is -0.659. The molecule has 0 N–H and O–H groups in total. The number of aromatic nitrogens is 3. The maximum atomic E-state index is 9.75.